The maximum atomic E-state index is 10.9. The first kappa shape index (κ1) is 9.68. The molecule has 0 radical (unpaired) electrons. The normalized spacial score (nSPS) is 10.9. The van der Waals surface area contributed by atoms with Crippen molar-refractivity contribution in [1.82, 2.24) is 0 Å². The monoisotopic (exact) mass is 175 g/mol. The zero-order valence-corrected chi connectivity index (χ0v) is 7.75. The van der Waals surface area contributed by atoms with Gasteiger partial charge < -0.3 is 0 Å². The fraction of sp³-hybridized carbons (Fsp3) is 0.375. The van der Waals surface area contributed by atoms with Gasteiger partial charge in [-0.25, -0.2) is 0 Å². The first-order chi connectivity index (χ1) is 4.52. The quantitative estimate of drug-likeness (QED) is 0.586. The van der Waals surface area contributed by atoms with E-state index in [0.29, 0.717) is 0 Å². The van der Waals surface area contributed by atoms with Gasteiger partial charge in [0.1, 0.15) is 0 Å². The van der Waals surface area contributed by atoms with Crippen molar-refractivity contribution in [2.45, 2.75) is 20.8 Å². The Morgan fingerprint density at radius 3 is 2.00 bits per heavy atom. The molecule has 0 aliphatic rings. The van der Waals surface area contributed by atoms with Gasteiger partial charge in [0.15, 0.2) is 0 Å². The number of rotatable bonds is 2. The molecule has 2 heteroatoms. The van der Waals surface area contributed by atoms with Gasteiger partial charge in [0, 0.05) is 0 Å². The van der Waals surface area contributed by atoms with Gasteiger partial charge in [-0.05, 0) is 0 Å². The summed E-state index contributed by atoms with van der Waals surface area (Å²) in [6, 6.07) is 0. The van der Waals surface area contributed by atoms with Gasteiger partial charge in [-0.1, -0.05) is 0 Å². The van der Waals surface area contributed by atoms with Gasteiger partial charge in [-0.15, -0.1) is 0 Å². The van der Waals surface area contributed by atoms with Crippen molar-refractivity contribution >= 4 is 5.78 Å². The molecular weight excluding hydrogens is 164 g/mol. The molecule has 0 saturated heterocycles. The van der Waals surface area contributed by atoms with Crippen LogP contribution in [0.25, 0.3) is 0 Å². The Labute approximate surface area is 70.2 Å². The fourth-order valence-electron chi connectivity index (χ4n) is 0.527. The van der Waals surface area contributed by atoms with Crippen LogP contribution < -0.4 is 0 Å². The third-order valence-electron chi connectivity index (χ3n) is 0.776. The topological polar surface area (TPSA) is 17.1 Å². The second-order valence-electron chi connectivity index (χ2n) is 2.38. The summed E-state index contributed by atoms with van der Waals surface area (Å²) in [5.41, 5.74) is 1.03. The standard InChI is InChI=1S/C8H11O.Cr/c1-4-5-8(9)6-7(2)3;/h5-6H,1-3H3;. The number of carbonyl (C=O) groups excluding carboxylic acids is 1. The summed E-state index contributed by atoms with van der Waals surface area (Å²) in [7, 11) is 0. The van der Waals surface area contributed by atoms with Crippen molar-refractivity contribution in [2.24, 2.45) is 0 Å². The number of ketones is 1. The number of hydrogen-bond acceptors (Lipinski definition) is 1. The Balaban J connectivity index is 4.14. The van der Waals surface area contributed by atoms with Crippen molar-refractivity contribution < 1.29 is 21.1 Å². The van der Waals surface area contributed by atoms with Crippen molar-refractivity contribution in [2.75, 3.05) is 0 Å². The summed E-state index contributed by atoms with van der Waals surface area (Å²) in [6.07, 6.45) is 3.19. The van der Waals surface area contributed by atoms with Crippen molar-refractivity contribution in [1.29, 1.82) is 0 Å². The molecule has 0 heterocycles. The van der Waals surface area contributed by atoms with Crippen LogP contribution in [0.4, 0.5) is 0 Å². The summed E-state index contributed by atoms with van der Waals surface area (Å²) < 4.78 is 0.919. The molecule has 0 bridgehead atoms. The Morgan fingerprint density at radius 1 is 1.20 bits per heavy atom. The van der Waals surface area contributed by atoms with Crippen molar-refractivity contribution in [3.05, 3.63) is 22.2 Å². The van der Waals surface area contributed by atoms with E-state index in [4.69, 9.17) is 0 Å². The minimum atomic E-state index is 0.0521. The third-order valence-corrected chi connectivity index (χ3v) is 0.960. The fourth-order valence-corrected chi connectivity index (χ4v) is 0.708. The van der Waals surface area contributed by atoms with Crippen LogP contribution in [0.3, 0.4) is 0 Å². The van der Waals surface area contributed by atoms with E-state index < -0.39 is 0 Å². The maximum absolute atomic E-state index is 10.9. The predicted molar refractivity (Wildman–Crippen MR) is 38.2 cm³/mol. The third kappa shape index (κ3) is 5.81. The van der Waals surface area contributed by atoms with E-state index in [0.717, 1.165) is 10.0 Å². The molecule has 0 spiro atoms. The molecule has 0 aromatic heterocycles. The van der Waals surface area contributed by atoms with E-state index in [9.17, 15) is 4.79 Å². The Kier molecular flexibility index (Phi) is 4.35. The summed E-state index contributed by atoms with van der Waals surface area (Å²) in [6.45, 7) is 5.66. The van der Waals surface area contributed by atoms with Crippen LogP contribution in [0.2, 0.25) is 0 Å². The zero-order chi connectivity index (χ0) is 8.15. The Morgan fingerprint density at radius 2 is 1.70 bits per heavy atom. The van der Waals surface area contributed by atoms with Gasteiger partial charge in [0.2, 0.25) is 0 Å². The first-order valence-corrected chi connectivity index (χ1v) is 3.70. The van der Waals surface area contributed by atoms with Crippen LogP contribution >= 0.6 is 0 Å². The summed E-state index contributed by atoms with van der Waals surface area (Å²) in [5, 5.41) is 0. The van der Waals surface area contributed by atoms with Gasteiger partial charge in [-0.3, -0.25) is 0 Å². The second kappa shape index (κ2) is 4.49. The molecule has 0 atom stereocenters. The van der Waals surface area contributed by atoms with E-state index in [1.165, 1.54) is 0 Å². The SMILES string of the molecule is CC(C)=CC(=O)C=[C](C)[Cr]. The molecule has 0 N–H and O–H groups in total. The average Bonchev–Trinajstić information content (AvgIpc) is 1.58. The molecule has 0 aliphatic carbocycles. The van der Waals surface area contributed by atoms with Crippen LogP contribution in [0, 0.1) is 0 Å². The second-order valence-corrected chi connectivity index (χ2v) is 3.38. The van der Waals surface area contributed by atoms with Gasteiger partial charge in [-0.2, -0.15) is 0 Å². The zero-order valence-electron chi connectivity index (χ0n) is 6.47. The van der Waals surface area contributed by atoms with Crippen molar-refractivity contribution in [3.63, 3.8) is 0 Å². The van der Waals surface area contributed by atoms with Gasteiger partial charge >= 0.3 is 69.8 Å². The molecule has 0 aliphatic heterocycles. The van der Waals surface area contributed by atoms with E-state index in [-0.39, 0.29) is 5.78 Å². The molecule has 10 heavy (non-hydrogen) atoms. The summed E-state index contributed by atoms with van der Waals surface area (Å²) >= 11 is 2.76. The molecule has 0 fully saturated rings. The molecule has 0 saturated carbocycles. The first-order valence-electron chi connectivity index (χ1n) is 3.06. The van der Waals surface area contributed by atoms with E-state index in [1.54, 1.807) is 12.2 Å². The minimum absolute atomic E-state index is 0.0521. The molecule has 0 amide bonds. The average molecular weight is 175 g/mol. The van der Waals surface area contributed by atoms with Crippen LogP contribution in [0.15, 0.2) is 22.2 Å². The predicted octanol–water partition coefficient (Wildman–Crippen LogP) is 1.97. The number of allylic oxidation sites excluding steroid dienone is 4. The van der Waals surface area contributed by atoms with Crippen LogP contribution in [-0.4, -0.2) is 5.78 Å². The Bertz CT molecular complexity index is 161. The molecule has 0 rings (SSSR count). The number of hydrogen-bond donors (Lipinski definition) is 0. The molecule has 0 unspecified atom stereocenters. The van der Waals surface area contributed by atoms with E-state index in [2.05, 4.69) is 16.3 Å². The number of carbonyl (C=O) groups is 1. The van der Waals surface area contributed by atoms with Crippen molar-refractivity contribution in [3.8, 4) is 0 Å². The summed E-state index contributed by atoms with van der Waals surface area (Å²) in [5.74, 6) is 0.0521. The van der Waals surface area contributed by atoms with Gasteiger partial charge in [0.05, 0.1) is 0 Å². The van der Waals surface area contributed by atoms with Crippen LogP contribution in [0.1, 0.15) is 20.8 Å². The summed E-state index contributed by atoms with van der Waals surface area (Å²) in [4.78, 5) is 10.9. The molecule has 0 aromatic rings. The van der Waals surface area contributed by atoms with Gasteiger partial charge in [0.25, 0.3) is 0 Å². The molecule has 1 nitrogen and oxygen atoms in total. The Hall–Kier alpha value is -0.318. The molecule has 55 valence electrons. The van der Waals surface area contributed by atoms with Crippen LogP contribution in [0.5, 0.6) is 0 Å². The molecular formula is C8H11CrO. The van der Waals surface area contributed by atoms with E-state index >= 15 is 0 Å². The van der Waals surface area contributed by atoms with Crippen LogP contribution in [-0.2, 0) is 21.1 Å². The molecule has 0 aromatic carbocycles. The van der Waals surface area contributed by atoms with E-state index in [1.807, 2.05) is 20.8 Å².